The van der Waals surface area contributed by atoms with Crippen molar-refractivity contribution in [3.8, 4) is 29.3 Å². The number of aromatic nitrogens is 5. The number of nitrogens with one attached hydrogen (secondary N) is 1. The van der Waals surface area contributed by atoms with Gasteiger partial charge in [0.1, 0.15) is 5.82 Å². The lowest BCUT2D eigenvalue weighted by Gasteiger charge is -2.11. The fraction of sp³-hybridized carbons (Fsp3) is 0. The van der Waals surface area contributed by atoms with E-state index in [1.807, 2.05) is 0 Å². The number of pyridine rings is 2. The summed E-state index contributed by atoms with van der Waals surface area (Å²) < 4.78 is 14.8. The third kappa shape index (κ3) is 4.10. The lowest BCUT2D eigenvalue weighted by molar-refractivity contribution is 0.102. The standard InChI is InChI=1S/C21H11Cl2FN6O/c1-2-12-10-25-4-3-14(12)15-8-17(22)16(9-19(15)24)21(31)29-13-7-18(23)20(26-11-13)30-27-5-6-28-30/h1,3-11H,(H,29,31). The van der Waals surface area contributed by atoms with E-state index >= 15 is 0 Å². The number of carbonyl (C=O) groups excluding carboxylic acids is 1. The molecule has 1 N–H and O–H groups in total. The van der Waals surface area contributed by atoms with Gasteiger partial charge in [0.25, 0.3) is 5.91 Å². The predicted octanol–water partition coefficient (Wildman–Crippen LogP) is 4.40. The van der Waals surface area contributed by atoms with Crippen molar-refractivity contribution in [3.05, 3.63) is 82.2 Å². The second-order valence-electron chi connectivity index (χ2n) is 6.18. The molecular formula is C21H11Cl2FN6O. The Kier molecular flexibility index (Phi) is 5.62. The number of halogens is 3. The molecule has 10 heteroatoms. The van der Waals surface area contributed by atoms with Crippen LogP contribution < -0.4 is 5.32 Å². The summed E-state index contributed by atoms with van der Waals surface area (Å²) in [6.07, 6.45) is 12.7. The summed E-state index contributed by atoms with van der Waals surface area (Å²) in [7, 11) is 0. The first-order valence-electron chi connectivity index (χ1n) is 8.71. The number of anilines is 1. The zero-order valence-electron chi connectivity index (χ0n) is 15.6. The number of carbonyl (C=O) groups is 1. The zero-order chi connectivity index (χ0) is 22.0. The Labute approximate surface area is 185 Å². The first kappa shape index (κ1) is 20.5. The highest BCUT2D eigenvalue weighted by Gasteiger charge is 2.18. The van der Waals surface area contributed by atoms with Gasteiger partial charge in [0.05, 0.1) is 45.5 Å². The second-order valence-corrected chi connectivity index (χ2v) is 6.99. The molecular weight excluding hydrogens is 442 g/mol. The number of terminal acetylenes is 1. The van der Waals surface area contributed by atoms with Crippen LogP contribution in [0, 0.1) is 18.2 Å². The van der Waals surface area contributed by atoms with Crippen LogP contribution in [-0.2, 0) is 0 Å². The van der Waals surface area contributed by atoms with Crippen molar-refractivity contribution in [1.29, 1.82) is 0 Å². The largest absolute Gasteiger partial charge is 0.320 e. The third-order valence-corrected chi connectivity index (χ3v) is 4.85. The molecule has 3 heterocycles. The van der Waals surface area contributed by atoms with Crippen molar-refractivity contribution >= 4 is 34.8 Å². The molecule has 0 aliphatic heterocycles. The Balaban J connectivity index is 1.62. The summed E-state index contributed by atoms with van der Waals surface area (Å²) in [5.41, 5.74) is 1.24. The van der Waals surface area contributed by atoms with Gasteiger partial charge < -0.3 is 5.32 Å². The van der Waals surface area contributed by atoms with Crippen LogP contribution in [0.2, 0.25) is 10.0 Å². The smallest absolute Gasteiger partial charge is 0.257 e. The average Bonchev–Trinajstić information content (AvgIpc) is 3.29. The van der Waals surface area contributed by atoms with E-state index < -0.39 is 11.7 Å². The molecule has 0 radical (unpaired) electrons. The van der Waals surface area contributed by atoms with Crippen LogP contribution in [0.1, 0.15) is 15.9 Å². The highest BCUT2D eigenvalue weighted by molar-refractivity contribution is 6.35. The normalized spacial score (nSPS) is 10.5. The highest BCUT2D eigenvalue weighted by Crippen LogP contribution is 2.31. The summed E-state index contributed by atoms with van der Waals surface area (Å²) in [5.74, 6) is 1.45. The summed E-state index contributed by atoms with van der Waals surface area (Å²) in [6.45, 7) is 0. The van der Waals surface area contributed by atoms with Crippen molar-refractivity contribution in [2.24, 2.45) is 0 Å². The molecule has 0 saturated heterocycles. The quantitative estimate of drug-likeness (QED) is 0.463. The Morgan fingerprint density at radius 1 is 1.06 bits per heavy atom. The maximum absolute atomic E-state index is 14.8. The van der Waals surface area contributed by atoms with E-state index in [1.165, 1.54) is 47.9 Å². The van der Waals surface area contributed by atoms with Crippen molar-refractivity contribution in [2.45, 2.75) is 0 Å². The van der Waals surface area contributed by atoms with Crippen LogP contribution in [0.4, 0.5) is 10.1 Å². The van der Waals surface area contributed by atoms with Gasteiger partial charge in [-0.2, -0.15) is 10.2 Å². The minimum atomic E-state index is -0.659. The van der Waals surface area contributed by atoms with Crippen LogP contribution in [0.5, 0.6) is 0 Å². The fourth-order valence-electron chi connectivity index (χ4n) is 2.84. The molecule has 0 aliphatic rings. The molecule has 1 aromatic carbocycles. The molecule has 152 valence electrons. The van der Waals surface area contributed by atoms with Crippen molar-refractivity contribution in [3.63, 3.8) is 0 Å². The average molecular weight is 453 g/mol. The van der Waals surface area contributed by atoms with Crippen LogP contribution in [-0.4, -0.2) is 30.9 Å². The second kappa shape index (κ2) is 8.52. The van der Waals surface area contributed by atoms with E-state index in [2.05, 4.69) is 31.4 Å². The molecule has 0 aliphatic carbocycles. The Bertz CT molecular complexity index is 1330. The van der Waals surface area contributed by atoms with Crippen LogP contribution in [0.15, 0.2) is 55.2 Å². The van der Waals surface area contributed by atoms with Gasteiger partial charge in [-0.1, -0.05) is 29.1 Å². The molecule has 0 saturated carbocycles. The number of rotatable bonds is 4. The van der Waals surface area contributed by atoms with Crippen LogP contribution in [0.3, 0.4) is 0 Å². The topological polar surface area (TPSA) is 85.6 Å². The Morgan fingerprint density at radius 2 is 1.84 bits per heavy atom. The van der Waals surface area contributed by atoms with E-state index in [9.17, 15) is 9.18 Å². The fourth-order valence-corrected chi connectivity index (χ4v) is 3.33. The van der Waals surface area contributed by atoms with Gasteiger partial charge in [-0.3, -0.25) is 9.78 Å². The molecule has 0 fully saturated rings. The molecule has 31 heavy (non-hydrogen) atoms. The molecule has 0 spiro atoms. The number of benzene rings is 1. The molecule has 0 unspecified atom stereocenters. The van der Waals surface area contributed by atoms with Crippen molar-refractivity contribution in [2.75, 3.05) is 5.32 Å². The van der Waals surface area contributed by atoms with Crippen LogP contribution in [0.25, 0.3) is 16.9 Å². The van der Waals surface area contributed by atoms with Gasteiger partial charge >= 0.3 is 0 Å². The first-order valence-corrected chi connectivity index (χ1v) is 9.47. The number of hydrogen-bond acceptors (Lipinski definition) is 5. The maximum atomic E-state index is 14.8. The van der Waals surface area contributed by atoms with Crippen LogP contribution >= 0.6 is 23.2 Å². The molecule has 3 aromatic heterocycles. The van der Waals surface area contributed by atoms with E-state index in [1.54, 1.807) is 6.07 Å². The maximum Gasteiger partial charge on any atom is 0.257 e. The third-order valence-electron chi connectivity index (χ3n) is 4.26. The Hall–Kier alpha value is -3.80. The van der Waals surface area contributed by atoms with Gasteiger partial charge in [0.15, 0.2) is 5.82 Å². The Morgan fingerprint density at radius 3 is 2.55 bits per heavy atom. The number of hydrogen-bond donors (Lipinski definition) is 1. The summed E-state index contributed by atoms with van der Waals surface area (Å²) in [5, 5.41) is 10.7. The van der Waals surface area contributed by atoms with E-state index in [-0.39, 0.29) is 26.9 Å². The molecule has 4 aromatic rings. The SMILES string of the molecule is C#Cc1cnccc1-c1cc(Cl)c(C(=O)Nc2cnc(-n3nccn3)c(Cl)c2)cc1F. The molecule has 4 rings (SSSR count). The molecule has 7 nitrogen and oxygen atoms in total. The summed E-state index contributed by atoms with van der Waals surface area (Å²) in [4.78, 5) is 22.0. The van der Waals surface area contributed by atoms with Gasteiger partial charge in [-0.25, -0.2) is 9.37 Å². The van der Waals surface area contributed by atoms with Gasteiger partial charge in [0.2, 0.25) is 0 Å². The van der Waals surface area contributed by atoms with E-state index in [0.29, 0.717) is 16.9 Å². The summed E-state index contributed by atoms with van der Waals surface area (Å²) in [6, 6.07) is 5.44. The first-order chi connectivity index (χ1) is 15.0. The monoisotopic (exact) mass is 452 g/mol. The van der Waals surface area contributed by atoms with E-state index in [4.69, 9.17) is 29.6 Å². The van der Waals surface area contributed by atoms with Gasteiger partial charge in [-0.05, 0) is 24.3 Å². The summed E-state index contributed by atoms with van der Waals surface area (Å²) >= 11 is 12.5. The number of amides is 1. The van der Waals surface area contributed by atoms with Crippen molar-refractivity contribution in [1.82, 2.24) is 25.0 Å². The zero-order valence-corrected chi connectivity index (χ0v) is 17.1. The lowest BCUT2D eigenvalue weighted by atomic mass is 10.00. The number of nitrogens with zero attached hydrogens (tertiary/aromatic N) is 5. The van der Waals surface area contributed by atoms with Gasteiger partial charge in [0, 0.05) is 23.5 Å². The molecule has 0 atom stereocenters. The molecule has 1 amide bonds. The predicted molar refractivity (Wildman–Crippen MR) is 115 cm³/mol. The minimum Gasteiger partial charge on any atom is -0.320 e. The van der Waals surface area contributed by atoms with E-state index in [0.717, 1.165) is 6.07 Å². The molecule has 0 bridgehead atoms. The highest BCUT2D eigenvalue weighted by atomic mass is 35.5. The lowest BCUT2D eigenvalue weighted by Crippen LogP contribution is -2.14. The van der Waals surface area contributed by atoms with Crippen molar-refractivity contribution < 1.29 is 9.18 Å². The van der Waals surface area contributed by atoms with Gasteiger partial charge in [-0.15, -0.1) is 11.2 Å². The minimum absolute atomic E-state index is 0.0464.